The second-order valence-electron chi connectivity index (χ2n) is 7.68. The Balaban J connectivity index is 1.54. The van der Waals surface area contributed by atoms with E-state index in [0.717, 1.165) is 11.3 Å². The first kappa shape index (κ1) is 20.3. The van der Waals surface area contributed by atoms with E-state index in [1.54, 1.807) is 24.0 Å². The standard InChI is InChI=1S/C22H25FN4O3/c1-3-30-22(29)27-10-8-26(9-11-27)21-24-14(2)20-18(25-21)12-16(13-19(20)28)15-4-6-17(23)7-5-15/h4-7,16H,3,8-13H2,1-2H3. The number of benzene rings is 1. The molecule has 1 unspecified atom stereocenters. The van der Waals surface area contributed by atoms with Crippen LogP contribution in [-0.4, -0.2) is 59.5 Å². The summed E-state index contributed by atoms with van der Waals surface area (Å²) in [5.74, 6) is 0.307. The van der Waals surface area contributed by atoms with Crippen molar-refractivity contribution in [1.82, 2.24) is 14.9 Å². The Bertz CT molecular complexity index is 956. The zero-order chi connectivity index (χ0) is 21.3. The molecule has 0 saturated carbocycles. The highest BCUT2D eigenvalue weighted by Gasteiger charge is 2.31. The number of hydrogen-bond acceptors (Lipinski definition) is 6. The number of rotatable bonds is 3. The monoisotopic (exact) mass is 412 g/mol. The van der Waals surface area contributed by atoms with Gasteiger partial charge in [-0.2, -0.15) is 0 Å². The molecule has 1 aromatic carbocycles. The molecule has 1 amide bonds. The lowest BCUT2D eigenvalue weighted by Crippen LogP contribution is -2.49. The average Bonchev–Trinajstić information content (AvgIpc) is 2.74. The molecule has 0 radical (unpaired) electrons. The van der Waals surface area contributed by atoms with Gasteiger partial charge in [0.2, 0.25) is 5.95 Å². The summed E-state index contributed by atoms with van der Waals surface area (Å²) in [6.45, 7) is 6.27. The smallest absolute Gasteiger partial charge is 0.409 e. The van der Waals surface area contributed by atoms with E-state index in [1.165, 1.54) is 12.1 Å². The maximum Gasteiger partial charge on any atom is 0.409 e. The van der Waals surface area contributed by atoms with Crippen molar-refractivity contribution in [3.05, 3.63) is 52.6 Å². The summed E-state index contributed by atoms with van der Waals surface area (Å²) in [5, 5.41) is 0. The van der Waals surface area contributed by atoms with E-state index in [9.17, 15) is 14.0 Å². The predicted octanol–water partition coefficient (Wildman–Crippen LogP) is 3.12. The Morgan fingerprint density at radius 1 is 1.13 bits per heavy atom. The molecule has 0 N–H and O–H groups in total. The van der Waals surface area contributed by atoms with Crippen LogP contribution in [0, 0.1) is 12.7 Å². The van der Waals surface area contributed by atoms with Gasteiger partial charge >= 0.3 is 6.09 Å². The van der Waals surface area contributed by atoms with Crippen molar-refractivity contribution in [2.24, 2.45) is 0 Å². The fraction of sp³-hybridized carbons (Fsp3) is 0.455. The lowest BCUT2D eigenvalue weighted by molar-refractivity contribution is 0.0960. The third-order valence-corrected chi connectivity index (χ3v) is 5.73. The number of halogens is 1. The molecule has 1 atom stereocenters. The molecular weight excluding hydrogens is 387 g/mol. The topological polar surface area (TPSA) is 75.6 Å². The summed E-state index contributed by atoms with van der Waals surface area (Å²) < 4.78 is 18.3. The minimum absolute atomic E-state index is 0.0200. The number of hydrogen-bond donors (Lipinski definition) is 0. The lowest BCUT2D eigenvalue weighted by Gasteiger charge is -2.34. The fourth-order valence-corrected chi connectivity index (χ4v) is 4.17. The Kier molecular flexibility index (Phi) is 5.65. The summed E-state index contributed by atoms with van der Waals surface area (Å²) >= 11 is 0. The highest BCUT2D eigenvalue weighted by Crippen LogP contribution is 2.34. The van der Waals surface area contributed by atoms with E-state index in [0.29, 0.717) is 62.8 Å². The second-order valence-corrected chi connectivity index (χ2v) is 7.68. The maximum absolute atomic E-state index is 13.3. The number of aryl methyl sites for hydroxylation is 1. The van der Waals surface area contributed by atoms with Crippen molar-refractivity contribution >= 4 is 17.8 Å². The van der Waals surface area contributed by atoms with Gasteiger partial charge < -0.3 is 14.5 Å². The molecule has 1 aliphatic heterocycles. The molecule has 8 heteroatoms. The lowest BCUT2D eigenvalue weighted by atomic mass is 9.81. The fourth-order valence-electron chi connectivity index (χ4n) is 4.17. The van der Waals surface area contributed by atoms with Gasteiger partial charge in [-0.1, -0.05) is 12.1 Å². The molecule has 1 fully saturated rings. The largest absolute Gasteiger partial charge is 0.450 e. The van der Waals surface area contributed by atoms with Crippen LogP contribution in [0.1, 0.15) is 46.6 Å². The minimum Gasteiger partial charge on any atom is -0.450 e. The molecule has 7 nitrogen and oxygen atoms in total. The second kappa shape index (κ2) is 8.38. The van der Waals surface area contributed by atoms with Crippen LogP contribution in [0.5, 0.6) is 0 Å². The zero-order valence-corrected chi connectivity index (χ0v) is 17.2. The highest BCUT2D eigenvalue weighted by atomic mass is 19.1. The predicted molar refractivity (Wildman–Crippen MR) is 109 cm³/mol. The Hall–Kier alpha value is -3.03. The molecule has 2 heterocycles. The van der Waals surface area contributed by atoms with Crippen molar-refractivity contribution < 1.29 is 18.7 Å². The number of aromatic nitrogens is 2. The Morgan fingerprint density at radius 2 is 1.83 bits per heavy atom. The zero-order valence-electron chi connectivity index (χ0n) is 17.2. The van der Waals surface area contributed by atoms with Crippen LogP contribution >= 0.6 is 0 Å². The SMILES string of the molecule is CCOC(=O)N1CCN(c2nc(C)c3c(n2)CC(c2ccc(F)cc2)CC3=O)CC1. The van der Waals surface area contributed by atoms with Crippen molar-refractivity contribution in [2.75, 3.05) is 37.7 Å². The van der Waals surface area contributed by atoms with Gasteiger partial charge in [0, 0.05) is 32.6 Å². The molecule has 2 aromatic rings. The molecule has 4 rings (SSSR count). The maximum atomic E-state index is 13.3. The highest BCUT2D eigenvalue weighted by molar-refractivity contribution is 5.99. The van der Waals surface area contributed by atoms with Crippen molar-refractivity contribution in [1.29, 1.82) is 0 Å². The number of carbonyl (C=O) groups is 2. The quantitative estimate of drug-likeness (QED) is 0.771. The van der Waals surface area contributed by atoms with Gasteiger partial charge in [-0.15, -0.1) is 0 Å². The van der Waals surface area contributed by atoms with E-state index >= 15 is 0 Å². The number of fused-ring (bicyclic) bond motifs is 1. The normalized spacial score (nSPS) is 18.9. The number of ketones is 1. The molecule has 0 bridgehead atoms. The summed E-state index contributed by atoms with van der Waals surface area (Å²) in [4.78, 5) is 37.7. The van der Waals surface area contributed by atoms with Crippen molar-refractivity contribution in [3.8, 4) is 0 Å². The van der Waals surface area contributed by atoms with Crippen LogP contribution in [0.4, 0.5) is 15.1 Å². The van der Waals surface area contributed by atoms with E-state index < -0.39 is 0 Å². The number of ether oxygens (including phenoxy) is 1. The van der Waals surface area contributed by atoms with Crippen LogP contribution < -0.4 is 4.90 Å². The Morgan fingerprint density at radius 3 is 2.50 bits per heavy atom. The number of carbonyl (C=O) groups excluding carboxylic acids is 2. The third kappa shape index (κ3) is 3.99. The molecule has 1 aromatic heterocycles. The Labute approximate surface area is 174 Å². The van der Waals surface area contributed by atoms with Gasteiger partial charge in [-0.05, 0) is 43.9 Å². The first-order valence-corrected chi connectivity index (χ1v) is 10.3. The van der Waals surface area contributed by atoms with Crippen LogP contribution in [0.15, 0.2) is 24.3 Å². The van der Waals surface area contributed by atoms with E-state index in [4.69, 9.17) is 9.72 Å². The number of Topliss-reactive ketones (excluding diaryl/α,β-unsaturated/α-hetero) is 1. The molecule has 158 valence electrons. The summed E-state index contributed by atoms with van der Waals surface area (Å²) in [7, 11) is 0. The van der Waals surface area contributed by atoms with Crippen LogP contribution in [0.3, 0.4) is 0 Å². The van der Waals surface area contributed by atoms with Crippen LogP contribution in [0.2, 0.25) is 0 Å². The molecule has 2 aliphatic rings. The minimum atomic E-state index is -0.299. The van der Waals surface area contributed by atoms with Gasteiger partial charge in [0.1, 0.15) is 5.82 Å². The first-order valence-electron chi connectivity index (χ1n) is 10.3. The summed E-state index contributed by atoms with van der Waals surface area (Å²) in [6.07, 6.45) is 0.694. The molecular formula is C22H25FN4O3. The van der Waals surface area contributed by atoms with Crippen molar-refractivity contribution in [2.45, 2.75) is 32.6 Å². The van der Waals surface area contributed by atoms with Gasteiger partial charge in [0.25, 0.3) is 0 Å². The average molecular weight is 412 g/mol. The van der Waals surface area contributed by atoms with Crippen LogP contribution in [0.25, 0.3) is 0 Å². The first-order chi connectivity index (χ1) is 14.5. The van der Waals surface area contributed by atoms with Gasteiger partial charge in [-0.25, -0.2) is 19.2 Å². The van der Waals surface area contributed by atoms with E-state index in [2.05, 4.69) is 4.98 Å². The summed E-state index contributed by atoms with van der Waals surface area (Å²) in [6, 6.07) is 6.33. The molecule has 1 aliphatic carbocycles. The number of amides is 1. The number of piperazine rings is 1. The van der Waals surface area contributed by atoms with Gasteiger partial charge in [0.05, 0.1) is 23.6 Å². The van der Waals surface area contributed by atoms with E-state index in [-0.39, 0.29) is 23.6 Å². The van der Waals surface area contributed by atoms with Crippen LogP contribution in [-0.2, 0) is 11.2 Å². The molecule has 1 saturated heterocycles. The number of nitrogens with zero attached hydrogens (tertiary/aromatic N) is 4. The van der Waals surface area contributed by atoms with E-state index in [1.807, 2.05) is 11.8 Å². The summed E-state index contributed by atoms with van der Waals surface area (Å²) in [5.41, 5.74) is 2.99. The van der Waals surface area contributed by atoms with Gasteiger partial charge in [-0.3, -0.25) is 4.79 Å². The van der Waals surface area contributed by atoms with Crippen molar-refractivity contribution in [3.63, 3.8) is 0 Å². The third-order valence-electron chi connectivity index (χ3n) is 5.73. The molecule has 0 spiro atoms. The number of anilines is 1. The molecule has 30 heavy (non-hydrogen) atoms. The van der Waals surface area contributed by atoms with Gasteiger partial charge in [0.15, 0.2) is 5.78 Å².